The van der Waals surface area contributed by atoms with Gasteiger partial charge in [-0.05, 0) is 56.7 Å². The Morgan fingerprint density at radius 2 is 1.82 bits per heavy atom. The fourth-order valence-electron chi connectivity index (χ4n) is 3.57. The standard InChI is InChI=1S/C24H25N5O3S/c1-4-5-14-28-22(32)19-8-6-7-9-20(19)29-23(28)26-27-24(29)33-16(3)21(31)25-18-12-10-17(11-13-18)15(2)30/h6-13,16H,4-5,14H2,1-3H3,(H,25,31). The van der Waals surface area contributed by atoms with E-state index in [1.807, 2.05) is 22.6 Å². The Morgan fingerprint density at radius 1 is 1.09 bits per heavy atom. The van der Waals surface area contributed by atoms with Crippen LogP contribution in [0.25, 0.3) is 16.7 Å². The highest BCUT2D eigenvalue weighted by Gasteiger charge is 2.21. The Kier molecular flexibility index (Phi) is 6.60. The van der Waals surface area contributed by atoms with Crippen LogP contribution in [-0.2, 0) is 11.3 Å². The molecular weight excluding hydrogens is 438 g/mol. The highest BCUT2D eigenvalue weighted by Crippen LogP contribution is 2.26. The fraction of sp³-hybridized carbons (Fsp3) is 0.292. The third-order valence-corrected chi connectivity index (χ3v) is 6.47. The Hall–Kier alpha value is -3.46. The van der Waals surface area contributed by atoms with E-state index >= 15 is 0 Å². The number of rotatable bonds is 8. The second kappa shape index (κ2) is 9.58. The number of amides is 1. The number of para-hydroxylation sites is 1. The molecule has 4 rings (SSSR count). The maximum Gasteiger partial charge on any atom is 0.262 e. The first-order valence-corrected chi connectivity index (χ1v) is 11.7. The first kappa shape index (κ1) is 22.7. The number of Topliss-reactive ketones (excluding diaryl/α,β-unsaturated/α-hetero) is 1. The van der Waals surface area contributed by atoms with Gasteiger partial charge in [0.25, 0.3) is 5.56 Å². The number of anilines is 1. The van der Waals surface area contributed by atoms with Crippen LogP contribution >= 0.6 is 11.8 Å². The molecule has 8 nitrogen and oxygen atoms in total. The van der Waals surface area contributed by atoms with Gasteiger partial charge in [-0.2, -0.15) is 0 Å². The number of benzene rings is 2. The molecule has 0 radical (unpaired) electrons. The molecule has 0 spiro atoms. The van der Waals surface area contributed by atoms with Crippen molar-refractivity contribution in [3.63, 3.8) is 0 Å². The number of thioether (sulfide) groups is 1. The van der Waals surface area contributed by atoms with Crippen LogP contribution in [-0.4, -0.2) is 36.1 Å². The summed E-state index contributed by atoms with van der Waals surface area (Å²) in [7, 11) is 0. The van der Waals surface area contributed by atoms with Crippen LogP contribution in [0.15, 0.2) is 58.5 Å². The van der Waals surface area contributed by atoms with Crippen LogP contribution < -0.4 is 10.9 Å². The zero-order valence-corrected chi connectivity index (χ0v) is 19.6. The lowest BCUT2D eigenvalue weighted by atomic mass is 10.1. The van der Waals surface area contributed by atoms with E-state index in [1.165, 1.54) is 18.7 Å². The summed E-state index contributed by atoms with van der Waals surface area (Å²) in [4.78, 5) is 37.3. The molecule has 33 heavy (non-hydrogen) atoms. The first-order valence-electron chi connectivity index (χ1n) is 10.9. The molecule has 0 fully saturated rings. The lowest BCUT2D eigenvalue weighted by Gasteiger charge is -2.13. The van der Waals surface area contributed by atoms with Crippen molar-refractivity contribution in [2.75, 3.05) is 5.32 Å². The average molecular weight is 464 g/mol. The summed E-state index contributed by atoms with van der Waals surface area (Å²) in [6.07, 6.45) is 1.80. The molecule has 1 amide bonds. The smallest absolute Gasteiger partial charge is 0.262 e. The number of aryl methyl sites for hydroxylation is 1. The monoisotopic (exact) mass is 463 g/mol. The number of carbonyl (C=O) groups is 2. The number of hydrogen-bond acceptors (Lipinski definition) is 6. The van der Waals surface area contributed by atoms with Crippen molar-refractivity contribution in [1.82, 2.24) is 19.2 Å². The second-order valence-corrected chi connectivity index (χ2v) is 9.14. The summed E-state index contributed by atoms with van der Waals surface area (Å²) < 4.78 is 3.51. The van der Waals surface area contributed by atoms with Gasteiger partial charge in [0.05, 0.1) is 16.2 Å². The SMILES string of the molecule is CCCCn1c(=O)c2ccccc2n2c(SC(C)C(=O)Nc3ccc(C(C)=O)cc3)nnc12. The molecule has 0 saturated carbocycles. The fourth-order valence-corrected chi connectivity index (χ4v) is 4.43. The summed E-state index contributed by atoms with van der Waals surface area (Å²) in [5.74, 6) is 0.248. The van der Waals surface area contributed by atoms with Gasteiger partial charge in [-0.25, -0.2) is 0 Å². The minimum absolute atomic E-state index is 0.0277. The number of unbranched alkanes of at least 4 members (excludes halogenated alkanes) is 1. The van der Waals surface area contributed by atoms with Crippen molar-refractivity contribution < 1.29 is 9.59 Å². The van der Waals surface area contributed by atoms with Gasteiger partial charge in [0, 0.05) is 17.8 Å². The zero-order valence-electron chi connectivity index (χ0n) is 18.7. The molecule has 1 N–H and O–H groups in total. The van der Waals surface area contributed by atoms with Crippen molar-refractivity contribution >= 4 is 45.8 Å². The molecule has 0 saturated heterocycles. The molecule has 0 aliphatic carbocycles. The Bertz CT molecular complexity index is 1390. The van der Waals surface area contributed by atoms with Gasteiger partial charge < -0.3 is 5.32 Å². The van der Waals surface area contributed by atoms with E-state index in [0.29, 0.717) is 39.6 Å². The number of hydrogen-bond donors (Lipinski definition) is 1. The van der Waals surface area contributed by atoms with Gasteiger partial charge >= 0.3 is 0 Å². The number of ketones is 1. The Morgan fingerprint density at radius 3 is 2.52 bits per heavy atom. The van der Waals surface area contributed by atoms with Crippen molar-refractivity contribution in [2.45, 2.75) is 50.6 Å². The van der Waals surface area contributed by atoms with Gasteiger partial charge in [-0.1, -0.05) is 37.2 Å². The van der Waals surface area contributed by atoms with Gasteiger partial charge in [-0.3, -0.25) is 23.4 Å². The number of nitrogens with zero attached hydrogens (tertiary/aromatic N) is 4. The van der Waals surface area contributed by atoms with E-state index in [2.05, 4.69) is 22.4 Å². The van der Waals surface area contributed by atoms with Gasteiger partial charge in [0.2, 0.25) is 11.7 Å². The maximum atomic E-state index is 13.0. The second-order valence-electron chi connectivity index (χ2n) is 7.83. The third-order valence-electron chi connectivity index (χ3n) is 5.42. The van der Waals surface area contributed by atoms with Crippen molar-refractivity contribution in [3.8, 4) is 0 Å². The molecule has 2 aromatic heterocycles. The molecule has 2 heterocycles. The normalized spacial score (nSPS) is 12.2. The van der Waals surface area contributed by atoms with Crippen LogP contribution in [0.4, 0.5) is 5.69 Å². The third kappa shape index (κ3) is 4.54. The molecular formula is C24H25N5O3S. The molecule has 0 aliphatic heterocycles. The topological polar surface area (TPSA) is 98.4 Å². The highest BCUT2D eigenvalue weighted by atomic mass is 32.2. The highest BCUT2D eigenvalue weighted by molar-refractivity contribution is 8.00. The van der Waals surface area contributed by atoms with Gasteiger partial charge in [-0.15, -0.1) is 10.2 Å². The molecule has 2 aromatic carbocycles. The van der Waals surface area contributed by atoms with Crippen molar-refractivity contribution in [1.29, 1.82) is 0 Å². The number of carbonyl (C=O) groups excluding carboxylic acids is 2. The quantitative estimate of drug-likeness (QED) is 0.311. The Balaban J connectivity index is 1.64. The van der Waals surface area contributed by atoms with Crippen LogP contribution in [0.5, 0.6) is 0 Å². The van der Waals surface area contributed by atoms with E-state index in [4.69, 9.17) is 0 Å². The molecule has 0 bridgehead atoms. The van der Waals surface area contributed by atoms with Crippen LogP contribution in [0.2, 0.25) is 0 Å². The lowest BCUT2D eigenvalue weighted by molar-refractivity contribution is -0.115. The molecule has 9 heteroatoms. The summed E-state index contributed by atoms with van der Waals surface area (Å²) in [5.41, 5.74) is 1.83. The number of aromatic nitrogens is 4. The van der Waals surface area contributed by atoms with Crippen LogP contribution in [0.3, 0.4) is 0 Å². The summed E-state index contributed by atoms with van der Waals surface area (Å²) in [5, 5.41) is 12.1. The summed E-state index contributed by atoms with van der Waals surface area (Å²) in [6.45, 7) is 5.92. The van der Waals surface area contributed by atoms with E-state index < -0.39 is 5.25 Å². The molecule has 170 valence electrons. The van der Waals surface area contributed by atoms with Crippen molar-refractivity contribution in [3.05, 3.63) is 64.4 Å². The van der Waals surface area contributed by atoms with Crippen molar-refractivity contribution in [2.24, 2.45) is 0 Å². The number of nitrogens with one attached hydrogen (secondary N) is 1. The largest absolute Gasteiger partial charge is 0.325 e. The summed E-state index contributed by atoms with van der Waals surface area (Å²) >= 11 is 1.28. The van der Waals surface area contributed by atoms with E-state index in [1.54, 1.807) is 41.8 Å². The predicted molar refractivity (Wildman–Crippen MR) is 130 cm³/mol. The maximum absolute atomic E-state index is 13.0. The van der Waals surface area contributed by atoms with E-state index in [-0.39, 0.29) is 17.2 Å². The zero-order chi connectivity index (χ0) is 23.5. The minimum Gasteiger partial charge on any atom is -0.325 e. The predicted octanol–water partition coefficient (Wildman–Crippen LogP) is 4.17. The van der Waals surface area contributed by atoms with Crippen LogP contribution in [0, 0.1) is 0 Å². The molecule has 1 atom stereocenters. The van der Waals surface area contributed by atoms with E-state index in [0.717, 1.165) is 12.8 Å². The summed E-state index contributed by atoms with van der Waals surface area (Å²) in [6, 6.07) is 14.2. The van der Waals surface area contributed by atoms with Crippen LogP contribution in [0.1, 0.15) is 44.0 Å². The minimum atomic E-state index is -0.473. The van der Waals surface area contributed by atoms with Gasteiger partial charge in [0.1, 0.15) is 0 Å². The average Bonchev–Trinajstić information content (AvgIpc) is 3.22. The molecule has 0 aliphatic rings. The lowest BCUT2D eigenvalue weighted by Crippen LogP contribution is -2.24. The number of fused-ring (bicyclic) bond motifs is 3. The molecule has 1 unspecified atom stereocenters. The first-order chi connectivity index (χ1) is 15.9. The molecule has 4 aromatic rings. The van der Waals surface area contributed by atoms with Gasteiger partial charge in [0.15, 0.2) is 10.9 Å². The Labute approximate surface area is 195 Å². The van der Waals surface area contributed by atoms with E-state index in [9.17, 15) is 14.4 Å².